The minimum Gasteiger partial charge on any atom is -0.494 e. The number of hydrogen-bond acceptors (Lipinski definition) is 14. The molecule has 0 radical (unpaired) electrons. The fourth-order valence-electron chi connectivity index (χ4n) is 3.98. The summed E-state index contributed by atoms with van der Waals surface area (Å²) in [4.78, 5) is 23.8. The second-order valence-corrected chi connectivity index (χ2v) is 8.78. The summed E-state index contributed by atoms with van der Waals surface area (Å²) in [5, 5.41) is 31.1. The van der Waals surface area contributed by atoms with E-state index in [-0.39, 0.29) is 17.6 Å². The first-order chi connectivity index (χ1) is 21.3. The van der Waals surface area contributed by atoms with E-state index in [0.717, 1.165) is 18.8 Å². The van der Waals surface area contributed by atoms with Gasteiger partial charge in [-0.1, -0.05) is 0 Å². The quantitative estimate of drug-likeness (QED) is 0.0921. The van der Waals surface area contributed by atoms with E-state index in [2.05, 4.69) is 45.6 Å². The zero-order chi connectivity index (χ0) is 31.6. The highest BCUT2D eigenvalue weighted by Crippen LogP contribution is 2.42. The van der Waals surface area contributed by atoms with E-state index in [1.165, 1.54) is 45.6 Å². The Labute approximate surface area is 251 Å². The average Bonchev–Trinajstić information content (AvgIpc) is 3.03. The minimum absolute atomic E-state index is 0.0563. The van der Waals surface area contributed by atoms with Crippen molar-refractivity contribution >= 4 is 45.8 Å². The maximum absolute atomic E-state index is 14.0. The second-order valence-electron chi connectivity index (χ2n) is 8.78. The molecule has 0 spiro atoms. The molecule has 0 atom stereocenters. The Hall–Kier alpha value is -5.80. The summed E-state index contributed by atoms with van der Waals surface area (Å²) < 4.78 is 30.0. The summed E-state index contributed by atoms with van der Waals surface area (Å²) in [5.74, 6) is 0.573. The number of non-ortho nitro benzene ring substituents is 1. The van der Waals surface area contributed by atoms with Crippen LogP contribution in [0.5, 0.6) is 17.5 Å². The number of methoxy groups -OCH3 is 3. The van der Waals surface area contributed by atoms with Crippen molar-refractivity contribution < 1.29 is 23.5 Å². The standard InChI is InChI=1S/C28H29FN10O5/c1-6-38(7-2)19-12-13-20(21(14-19)30-27-31-26(29)32-28(33-27)44-5)35-37-23-16-24(42-3)22(15-25(23)43-4)36-34-17-8-10-18(11-9-17)39(40)41/h8-16H,6-7H2,1-5H3,(H,30,31,32,33). The normalized spacial score (nSPS) is 11.1. The van der Waals surface area contributed by atoms with Crippen LogP contribution < -0.4 is 24.4 Å². The summed E-state index contributed by atoms with van der Waals surface area (Å²) in [5.41, 5.74) is 2.74. The van der Waals surface area contributed by atoms with Crippen molar-refractivity contribution in [2.75, 3.05) is 44.6 Å². The van der Waals surface area contributed by atoms with Crippen LogP contribution in [0.25, 0.3) is 0 Å². The number of nitro groups is 1. The van der Waals surface area contributed by atoms with Crippen LogP contribution in [0.2, 0.25) is 0 Å². The molecule has 4 aromatic rings. The molecule has 44 heavy (non-hydrogen) atoms. The van der Waals surface area contributed by atoms with Crippen molar-refractivity contribution in [3.8, 4) is 17.5 Å². The van der Waals surface area contributed by atoms with Gasteiger partial charge in [0.1, 0.15) is 28.6 Å². The lowest BCUT2D eigenvalue weighted by Crippen LogP contribution is -2.21. The third-order valence-electron chi connectivity index (χ3n) is 6.20. The number of azo groups is 2. The highest BCUT2D eigenvalue weighted by atomic mass is 19.1. The lowest BCUT2D eigenvalue weighted by Gasteiger charge is -2.22. The third kappa shape index (κ3) is 7.53. The van der Waals surface area contributed by atoms with Gasteiger partial charge in [-0.3, -0.25) is 10.1 Å². The van der Waals surface area contributed by atoms with Crippen molar-refractivity contribution in [1.82, 2.24) is 15.0 Å². The van der Waals surface area contributed by atoms with Crippen molar-refractivity contribution in [2.45, 2.75) is 13.8 Å². The van der Waals surface area contributed by atoms with Gasteiger partial charge in [0, 0.05) is 43.0 Å². The molecule has 15 nitrogen and oxygen atoms in total. The smallest absolute Gasteiger partial charge is 0.323 e. The molecule has 0 unspecified atom stereocenters. The average molecular weight is 605 g/mol. The topological polar surface area (TPSA) is 174 Å². The number of rotatable bonds is 13. The summed E-state index contributed by atoms with van der Waals surface area (Å²) >= 11 is 0. The van der Waals surface area contributed by atoms with E-state index in [1.807, 2.05) is 26.0 Å². The van der Waals surface area contributed by atoms with Crippen molar-refractivity contribution in [1.29, 1.82) is 0 Å². The summed E-state index contributed by atoms with van der Waals surface area (Å²) in [6.45, 7) is 5.59. The number of anilines is 3. The molecule has 0 bridgehead atoms. The number of benzene rings is 3. The fraction of sp³-hybridized carbons (Fsp3) is 0.250. The number of nitrogens with zero attached hydrogens (tertiary/aromatic N) is 9. The second kappa shape index (κ2) is 14.4. The van der Waals surface area contributed by atoms with Crippen LogP contribution in [0.4, 0.5) is 50.2 Å². The number of hydrogen-bond donors (Lipinski definition) is 1. The van der Waals surface area contributed by atoms with Crippen LogP contribution >= 0.6 is 0 Å². The summed E-state index contributed by atoms with van der Waals surface area (Å²) in [7, 11) is 4.25. The molecule has 1 aromatic heterocycles. The maximum atomic E-state index is 14.0. The van der Waals surface area contributed by atoms with E-state index in [1.54, 1.807) is 18.2 Å². The molecule has 16 heteroatoms. The highest BCUT2D eigenvalue weighted by Gasteiger charge is 2.15. The molecule has 0 fully saturated rings. The lowest BCUT2D eigenvalue weighted by molar-refractivity contribution is -0.384. The monoisotopic (exact) mass is 604 g/mol. The van der Waals surface area contributed by atoms with E-state index in [9.17, 15) is 14.5 Å². The molecule has 0 saturated heterocycles. The number of aromatic nitrogens is 3. The van der Waals surface area contributed by atoms with Crippen LogP contribution in [-0.4, -0.2) is 54.3 Å². The van der Waals surface area contributed by atoms with E-state index < -0.39 is 11.0 Å². The lowest BCUT2D eigenvalue weighted by atomic mass is 10.2. The highest BCUT2D eigenvalue weighted by molar-refractivity contribution is 5.75. The van der Waals surface area contributed by atoms with Gasteiger partial charge >= 0.3 is 12.1 Å². The van der Waals surface area contributed by atoms with Gasteiger partial charge in [-0.05, 0) is 44.2 Å². The molecule has 1 heterocycles. The first-order valence-corrected chi connectivity index (χ1v) is 13.2. The predicted molar refractivity (Wildman–Crippen MR) is 161 cm³/mol. The molecular formula is C28H29FN10O5. The van der Waals surface area contributed by atoms with Gasteiger partial charge in [0.15, 0.2) is 0 Å². The Balaban J connectivity index is 1.69. The van der Waals surface area contributed by atoms with Crippen molar-refractivity contribution in [2.24, 2.45) is 20.5 Å². The molecular weight excluding hydrogens is 575 g/mol. The third-order valence-corrected chi connectivity index (χ3v) is 6.20. The molecule has 4 rings (SSSR count). The fourth-order valence-corrected chi connectivity index (χ4v) is 3.98. The van der Waals surface area contributed by atoms with Crippen LogP contribution in [-0.2, 0) is 0 Å². The molecule has 0 saturated carbocycles. The zero-order valence-corrected chi connectivity index (χ0v) is 24.6. The van der Waals surface area contributed by atoms with E-state index in [4.69, 9.17) is 14.2 Å². The number of nitrogens with one attached hydrogen (secondary N) is 1. The minimum atomic E-state index is -1.01. The molecule has 1 N–H and O–H groups in total. The molecule has 0 aliphatic rings. The first-order valence-electron chi connectivity index (χ1n) is 13.2. The Morgan fingerprint density at radius 2 is 1.43 bits per heavy atom. The molecule has 0 aliphatic carbocycles. The van der Waals surface area contributed by atoms with Gasteiger partial charge in [0.2, 0.25) is 5.95 Å². The Morgan fingerprint density at radius 1 is 0.818 bits per heavy atom. The largest absolute Gasteiger partial charge is 0.494 e. The number of ether oxygens (including phenoxy) is 3. The van der Waals surface area contributed by atoms with Crippen molar-refractivity contribution in [3.05, 3.63) is 70.8 Å². The van der Waals surface area contributed by atoms with Gasteiger partial charge in [-0.15, -0.1) is 20.3 Å². The molecule has 0 aliphatic heterocycles. The van der Waals surface area contributed by atoms with Gasteiger partial charge in [-0.2, -0.15) is 19.5 Å². The molecule has 3 aromatic carbocycles. The zero-order valence-electron chi connectivity index (χ0n) is 24.6. The van der Waals surface area contributed by atoms with Gasteiger partial charge in [0.25, 0.3) is 5.69 Å². The van der Waals surface area contributed by atoms with Gasteiger partial charge < -0.3 is 24.4 Å². The summed E-state index contributed by atoms with van der Waals surface area (Å²) in [6.07, 6.45) is -1.01. The van der Waals surface area contributed by atoms with Crippen LogP contribution in [0.1, 0.15) is 13.8 Å². The summed E-state index contributed by atoms with van der Waals surface area (Å²) in [6, 6.07) is 14.1. The maximum Gasteiger partial charge on any atom is 0.323 e. The Bertz CT molecular complexity index is 1680. The van der Waals surface area contributed by atoms with Crippen molar-refractivity contribution in [3.63, 3.8) is 0 Å². The predicted octanol–water partition coefficient (Wildman–Crippen LogP) is 7.37. The Morgan fingerprint density at radius 3 is 2.00 bits per heavy atom. The van der Waals surface area contributed by atoms with Gasteiger partial charge in [-0.25, -0.2) is 0 Å². The van der Waals surface area contributed by atoms with Crippen LogP contribution in [0.3, 0.4) is 0 Å². The number of halogens is 1. The van der Waals surface area contributed by atoms with Crippen LogP contribution in [0.15, 0.2) is 75.1 Å². The number of nitro benzene ring substituents is 1. The van der Waals surface area contributed by atoms with E-state index >= 15 is 0 Å². The first kappa shape index (κ1) is 31.1. The Kier molecular flexibility index (Phi) is 10.2. The van der Waals surface area contributed by atoms with Gasteiger partial charge in [0.05, 0.1) is 37.6 Å². The van der Waals surface area contributed by atoms with Crippen LogP contribution in [0, 0.1) is 16.2 Å². The SMILES string of the molecule is CCN(CC)c1ccc(N=Nc2cc(OC)c(N=Nc3ccc([N+](=O)[O-])cc3)cc2OC)c(Nc2nc(F)nc(OC)n2)c1. The molecule has 0 amide bonds. The van der Waals surface area contributed by atoms with E-state index in [0.29, 0.717) is 39.9 Å². The molecule has 228 valence electrons.